The standard InChI is InChI=1S/C7H8.C5H5.C3H9Si.Zr/c1-7-5-3-2-4-6-7;1-2-4-5-3-1;1-4(2)3;/h2-6H,1H3;1-5H;1-3H3;. The predicted octanol–water partition coefficient (Wildman–Crippen LogP) is 4.81. The SMILES string of the molecule is C[Si](C)(C)[Zr][CH]1C=CC=C1.Cc1ccccc1. The summed E-state index contributed by atoms with van der Waals surface area (Å²) in [5, 5.41) is -0.655. The Morgan fingerprint density at radius 3 is 1.82 bits per heavy atom. The molecular formula is C15H22SiZr. The zero-order chi connectivity index (χ0) is 12.7. The first-order valence-corrected chi connectivity index (χ1v) is 14.7. The number of hydrogen-bond donors (Lipinski definition) is 0. The smallest absolute Gasteiger partial charge is 0.0398 e. The minimum atomic E-state index is -0.655. The van der Waals surface area contributed by atoms with Gasteiger partial charge in [0.1, 0.15) is 0 Å². The molecule has 1 aromatic rings. The molecule has 0 spiro atoms. The maximum Gasteiger partial charge on any atom is -0.0398 e. The molecule has 0 bridgehead atoms. The minimum Gasteiger partial charge on any atom is -0.0622 e. The van der Waals surface area contributed by atoms with Gasteiger partial charge >= 0.3 is 75.2 Å². The third-order valence-electron chi connectivity index (χ3n) is 2.29. The van der Waals surface area contributed by atoms with Gasteiger partial charge in [0.05, 0.1) is 0 Å². The van der Waals surface area contributed by atoms with Gasteiger partial charge < -0.3 is 0 Å². The molecule has 0 atom stereocenters. The van der Waals surface area contributed by atoms with E-state index in [-0.39, 0.29) is 22.4 Å². The van der Waals surface area contributed by atoms with Gasteiger partial charge in [0.15, 0.2) is 0 Å². The van der Waals surface area contributed by atoms with Crippen LogP contribution in [-0.4, -0.2) is 5.20 Å². The van der Waals surface area contributed by atoms with E-state index in [1.807, 2.05) is 18.2 Å². The quantitative estimate of drug-likeness (QED) is 0.686. The van der Waals surface area contributed by atoms with Gasteiger partial charge in [0.25, 0.3) is 0 Å². The zero-order valence-corrected chi connectivity index (χ0v) is 14.7. The van der Waals surface area contributed by atoms with Crippen molar-refractivity contribution >= 4 is 5.20 Å². The summed E-state index contributed by atoms with van der Waals surface area (Å²) in [5.41, 5.74) is 1.32. The Hall–Kier alpha value is -0.200. The second kappa shape index (κ2) is 7.28. The molecule has 0 fully saturated rings. The van der Waals surface area contributed by atoms with Crippen molar-refractivity contribution in [3.8, 4) is 0 Å². The van der Waals surface area contributed by atoms with Crippen molar-refractivity contribution in [2.24, 2.45) is 0 Å². The van der Waals surface area contributed by atoms with Crippen LogP contribution in [0.5, 0.6) is 0 Å². The van der Waals surface area contributed by atoms with Crippen LogP contribution < -0.4 is 0 Å². The largest absolute Gasteiger partial charge is 0.0622 e. The van der Waals surface area contributed by atoms with Crippen molar-refractivity contribution in [3.05, 3.63) is 60.2 Å². The fourth-order valence-corrected chi connectivity index (χ4v) is 12.1. The van der Waals surface area contributed by atoms with Crippen molar-refractivity contribution in [2.75, 3.05) is 0 Å². The average Bonchev–Trinajstić information content (AvgIpc) is 2.70. The van der Waals surface area contributed by atoms with Crippen LogP contribution in [0.2, 0.25) is 23.3 Å². The minimum absolute atomic E-state index is 0.0800. The van der Waals surface area contributed by atoms with Crippen molar-refractivity contribution < 1.29 is 22.4 Å². The van der Waals surface area contributed by atoms with Gasteiger partial charge in [-0.05, 0) is 6.92 Å². The number of rotatable bonds is 2. The monoisotopic (exact) mass is 320 g/mol. The Morgan fingerprint density at radius 2 is 1.47 bits per heavy atom. The van der Waals surface area contributed by atoms with Gasteiger partial charge in [-0.2, -0.15) is 0 Å². The molecule has 90 valence electrons. The molecule has 17 heavy (non-hydrogen) atoms. The topological polar surface area (TPSA) is 0 Å². The van der Waals surface area contributed by atoms with Gasteiger partial charge in [-0.3, -0.25) is 0 Å². The van der Waals surface area contributed by atoms with Crippen molar-refractivity contribution in [3.63, 3.8) is 0 Å². The summed E-state index contributed by atoms with van der Waals surface area (Å²) < 4.78 is 0.926. The molecule has 1 aliphatic carbocycles. The maximum atomic E-state index is 2.50. The van der Waals surface area contributed by atoms with Gasteiger partial charge in [-0.15, -0.1) is 0 Å². The Bertz CT molecular complexity index is 362. The zero-order valence-electron chi connectivity index (χ0n) is 11.3. The molecule has 2 rings (SSSR count). The number of benzene rings is 1. The van der Waals surface area contributed by atoms with E-state index < -0.39 is 5.20 Å². The number of hydrogen-bond acceptors (Lipinski definition) is 0. The normalized spacial score (nSPS) is 14.4. The van der Waals surface area contributed by atoms with Crippen LogP contribution in [0.25, 0.3) is 0 Å². The van der Waals surface area contributed by atoms with Crippen LogP contribution in [0.1, 0.15) is 5.56 Å². The van der Waals surface area contributed by atoms with E-state index in [0.717, 1.165) is 3.63 Å². The van der Waals surface area contributed by atoms with E-state index in [4.69, 9.17) is 0 Å². The summed E-state index contributed by atoms with van der Waals surface area (Å²) >= 11 is -0.0800. The number of aryl methyl sites for hydroxylation is 1. The molecule has 1 aromatic carbocycles. The molecule has 0 saturated heterocycles. The van der Waals surface area contributed by atoms with Gasteiger partial charge in [-0.25, -0.2) is 0 Å². The Balaban J connectivity index is 0.000000181. The first-order valence-electron chi connectivity index (χ1n) is 6.12. The Labute approximate surface area is 117 Å². The van der Waals surface area contributed by atoms with Crippen molar-refractivity contribution in [1.82, 2.24) is 0 Å². The van der Waals surface area contributed by atoms with Crippen LogP contribution in [0, 0.1) is 6.92 Å². The van der Waals surface area contributed by atoms with Crippen LogP contribution in [0.15, 0.2) is 54.6 Å². The molecule has 0 aromatic heterocycles. The summed E-state index contributed by atoms with van der Waals surface area (Å²) in [6, 6.07) is 10.3. The fourth-order valence-electron chi connectivity index (χ4n) is 1.56. The average molecular weight is 322 g/mol. The summed E-state index contributed by atoms with van der Waals surface area (Å²) in [6.45, 7) is 9.58. The second-order valence-corrected chi connectivity index (χ2v) is 25.0. The molecule has 2 heteroatoms. The molecule has 0 nitrogen and oxygen atoms in total. The van der Waals surface area contributed by atoms with Gasteiger partial charge in [-0.1, -0.05) is 35.9 Å². The van der Waals surface area contributed by atoms with E-state index in [1.165, 1.54) is 5.56 Å². The molecule has 0 saturated carbocycles. The summed E-state index contributed by atoms with van der Waals surface area (Å²) in [6.07, 6.45) is 9.16. The molecule has 0 unspecified atom stereocenters. The van der Waals surface area contributed by atoms with Gasteiger partial charge in [0, 0.05) is 0 Å². The third kappa shape index (κ3) is 7.68. The number of allylic oxidation sites excluding steroid dienone is 4. The Kier molecular flexibility index (Phi) is 6.37. The molecule has 0 heterocycles. The van der Waals surface area contributed by atoms with E-state index in [9.17, 15) is 0 Å². The van der Waals surface area contributed by atoms with Crippen LogP contribution in [0.4, 0.5) is 0 Å². The first-order chi connectivity index (χ1) is 7.97. The van der Waals surface area contributed by atoms with Crippen molar-refractivity contribution in [1.29, 1.82) is 0 Å². The molecule has 0 aliphatic heterocycles. The second-order valence-electron chi connectivity index (χ2n) is 5.34. The van der Waals surface area contributed by atoms with Crippen LogP contribution in [-0.2, 0) is 22.4 Å². The molecule has 0 N–H and O–H groups in total. The van der Waals surface area contributed by atoms with E-state index in [1.54, 1.807) is 0 Å². The molecule has 1 aliphatic rings. The predicted molar refractivity (Wildman–Crippen MR) is 76.6 cm³/mol. The first kappa shape index (κ1) is 14.9. The molecule has 0 radical (unpaired) electrons. The summed E-state index contributed by atoms with van der Waals surface area (Å²) in [7, 11) is 0. The van der Waals surface area contributed by atoms with Crippen LogP contribution in [0.3, 0.4) is 0 Å². The van der Waals surface area contributed by atoms with E-state index >= 15 is 0 Å². The summed E-state index contributed by atoms with van der Waals surface area (Å²) in [4.78, 5) is 0. The van der Waals surface area contributed by atoms with Crippen molar-refractivity contribution in [2.45, 2.75) is 30.2 Å². The fraction of sp³-hybridized carbons (Fsp3) is 0.333. The van der Waals surface area contributed by atoms with E-state index in [0.29, 0.717) is 0 Å². The Morgan fingerprint density at radius 1 is 0.941 bits per heavy atom. The third-order valence-corrected chi connectivity index (χ3v) is 13.3. The maximum absolute atomic E-state index is 2.50. The summed E-state index contributed by atoms with van der Waals surface area (Å²) in [5.74, 6) is 0. The van der Waals surface area contributed by atoms with Gasteiger partial charge in [0.2, 0.25) is 0 Å². The van der Waals surface area contributed by atoms with Crippen LogP contribution >= 0.6 is 0 Å². The van der Waals surface area contributed by atoms with E-state index in [2.05, 4.69) is 63.0 Å². The molecular weight excluding hydrogens is 299 g/mol. The molecule has 0 amide bonds.